The topological polar surface area (TPSA) is 49.4 Å². The summed E-state index contributed by atoms with van der Waals surface area (Å²) in [6.07, 6.45) is -2.83. The summed E-state index contributed by atoms with van der Waals surface area (Å²) in [5.74, 6) is -1.23. The summed E-state index contributed by atoms with van der Waals surface area (Å²) < 4.78 is 37.9. The first-order chi connectivity index (χ1) is 8.68. The number of rotatable bonds is 3. The SMILES string of the molecule is CCC1(C)NC(=O)C(C2CC2)N(CC(F)(F)F)C1=O. The highest BCUT2D eigenvalue weighted by atomic mass is 19.4. The minimum Gasteiger partial charge on any atom is -0.340 e. The molecule has 1 saturated carbocycles. The standard InChI is InChI=1S/C12H17F3N2O2/c1-3-11(2)10(19)17(6-12(13,14)15)8(7-4-5-7)9(18)16-11/h7-8H,3-6H2,1-2H3,(H,16,18). The van der Waals surface area contributed by atoms with Gasteiger partial charge < -0.3 is 10.2 Å². The largest absolute Gasteiger partial charge is 0.406 e. The van der Waals surface area contributed by atoms with E-state index < -0.39 is 36.1 Å². The molecule has 1 N–H and O–H groups in total. The molecule has 0 aromatic rings. The van der Waals surface area contributed by atoms with Crippen molar-refractivity contribution in [1.29, 1.82) is 0 Å². The Morgan fingerprint density at radius 3 is 2.37 bits per heavy atom. The van der Waals surface area contributed by atoms with Crippen molar-refractivity contribution in [1.82, 2.24) is 10.2 Å². The predicted octanol–water partition coefficient (Wildman–Crippen LogP) is 1.45. The number of hydrogen-bond acceptors (Lipinski definition) is 2. The van der Waals surface area contributed by atoms with E-state index in [9.17, 15) is 22.8 Å². The number of alkyl halides is 3. The van der Waals surface area contributed by atoms with Crippen LogP contribution in [0, 0.1) is 5.92 Å². The van der Waals surface area contributed by atoms with Crippen molar-refractivity contribution >= 4 is 11.8 Å². The maximum absolute atomic E-state index is 12.6. The van der Waals surface area contributed by atoms with E-state index in [0.29, 0.717) is 12.8 Å². The number of amides is 2. The van der Waals surface area contributed by atoms with Gasteiger partial charge in [0.05, 0.1) is 0 Å². The van der Waals surface area contributed by atoms with E-state index in [-0.39, 0.29) is 12.3 Å². The van der Waals surface area contributed by atoms with Crippen LogP contribution in [0.4, 0.5) is 13.2 Å². The lowest BCUT2D eigenvalue weighted by Gasteiger charge is -2.44. The van der Waals surface area contributed by atoms with Crippen LogP contribution in [0.1, 0.15) is 33.1 Å². The van der Waals surface area contributed by atoms with Crippen molar-refractivity contribution in [2.75, 3.05) is 6.54 Å². The highest BCUT2D eigenvalue weighted by Gasteiger charge is 2.54. The van der Waals surface area contributed by atoms with E-state index in [4.69, 9.17) is 0 Å². The number of halogens is 3. The van der Waals surface area contributed by atoms with Crippen LogP contribution >= 0.6 is 0 Å². The number of carbonyl (C=O) groups is 2. The van der Waals surface area contributed by atoms with Gasteiger partial charge in [0, 0.05) is 0 Å². The first-order valence-electron chi connectivity index (χ1n) is 6.38. The summed E-state index contributed by atoms with van der Waals surface area (Å²) in [6.45, 7) is 1.79. The van der Waals surface area contributed by atoms with Crippen LogP contribution in [-0.2, 0) is 9.59 Å². The molecule has 19 heavy (non-hydrogen) atoms. The van der Waals surface area contributed by atoms with Gasteiger partial charge in [-0.25, -0.2) is 0 Å². The third-order valence-corrected chi connectivity index (χ3v) is 3.86. The molecule has 1 aliphatic carbocycles. The zero-order valence-corrected chi connectivity index (χ0v) is 10.9. The molecule has 1 saturated heterocycles. The lowest BCUT2D eigenvalue weighted by molar-refractivity contribution is -0.178. The summed E-state index contributed by atoms with van der Waals surface area (Å²) >= 11 is 0. The number of nitrogens with zero attached hydrogens (tertiary/aromatic N) is 1. The molecular weight excluding hydrogens is 261 g/mol. The van der Waals surface area contributed by atoms with E-state index in [1.165, 1.54) is 6.92 Å². The Kier molecular flexibility index (Phi) is 3.26. The van der Waals surface area contributed by atoms with Gasteiger partial charge in [-0.3, -0.25) is 9.59 Å². The number of carbonyl (C=O) groups excluding carboxylic acids is 2. The summed E-state index contributed by atoms with van der Waals surface area (Å²) in [5.41, 5.74) is -1.23. The fourth-order valence-corrected chi connectivity index (χ4v) is 2.47. The second-order valence-electron chi connectivity index (χ2n) is 5.51. The molecule has 2 atom stereocenters. The minimum absolute atomic E-state index is 0.132. The molecule has 2 fully saturated rings. The van der Waals surface area contributed by atoms with Crippen molar-refractivity contribution in [3.63, 3.8) is 0 Å². The fraction of sp³-hybridized carbons (Fsp3) is 0.833. The third-order valence-electron chi connectivity index (χ3n) is 3.86. The highest BCUT2D eigenvalue weighted by Crippen LogP contribution is 2.39. The van der Waals surface area contributed by atoms with E-state index in [0.717, 1.165) is 4.90 Å². The Morgan fingerprint density at radius 2 is 1.95 bits per heavy atom. The molecule has 1 aliphatic heterocycles. The quantitative estimate of drug-likeness (QED) is 0.849. The molecule has 0 aromatic heterocycles. The second-order valence-corrected chi connectivity index (χ2v) is 5.51. The molecule has 0 radical (unpaired) electrons. The summed E-state index contributed by atoms with van der Waals surface area (Å²) in [6, 6.07) is -0.964. The average molecular weight is 278 g/mol. The molecular formula is C12H17F3N2O2. The van der Waals surface area contributed by atoms with E-state index >= 15 is 0 Å². The van der Waals surface area contributed by atoms with Crippen LogP contribution < -0.4 is 5.32 Å². The normalized spacial score (nSPS) is 32.5. The molecule has 1 heterocycles. The molecule has 0 aromatic carbocycles. The van der Waals surface area contributed by atoms with Crippen molar-refractivity contribution < 1.29 is 22.8 Å². The predicted molar refractivity (Wildman–Crippen MR) is 61.1 cm³/mol. The Morgan fingerprint density at radius 1 is 1.37 bits per heavy atom. The molecule has 4 nitrogen and oxygen atoms in total. The molecule has 2 aliphatic rings. The number of piperazine rings is 1. The Hall–Kier alpha value is -1.27. The van der Waals surface area contributed by atoms with Gasteiger partial charge in [-0.05, 0) is 32.1 Å². The van der Waals surface area contributed by atoms with Gasteiger partial charge in [0.25, 0.3) is 0 Å². The first kappa shape index (κ1) is 14.1. The maximum atomic E-state index is 12.6. The third kappa shape index (κ3) is 2.69. The van der Waals surface area contributed by atoms with Gasteiger partial charge in [0.2, 0.25) is 11.8 Å². The Bertz CT molecular complexity index is 406. The number of hydrogen-bond donors (Lipinski definition) is 1. The zero-order valence-electron chi connectivity index (χ0n) is 10.9. The Labute approximate surface area is 109 Å². The average Bonchev–Trinajstić information content (AvgIpc) is 3.08. The van der Waals surface area contributed by atoms with Crippen molar-refractivity contribution in [2.45, 2.75) is 50.9 Å². The van der Waals surface area contributed by atoms with Gasteiger partial charge >= 0.3 is 6.18 Å². The molecule has 0 bridgehead atoms. The second kappa shape index (κ2) is 4.38. The van der Waals surface area contributed by atoms with E-state index in [1.54, 1.807) is 6.92 Å². The first-order valence-corrected chi connectivity index (χ1v) is 6.38. The van der Waals surface area contributed by atoms with E-state index in [1.807, 2.05) is 0 Å². The molecule has 7 heteroatoms. The van der Waals surface area contributed by atoms with Crippen LogP contribution in [0.15, 0.2) is 0 Å². The van der Waals surface area contributed by atoms with Gasteiger partial charge in [-0.15, -0.1) is 0 Å². The van der Waals surface area contributed by atoms with Crippen LogP contribution in [0.3, 0.4) is 0 Å². The van der Waals surface area contributed by atoms with Crippen LogP contribution in [0.25, 0.3) is 0 Å². The monoisotopic (exact) mass is 278 g/mol. The zero-order chi connectivity index (χ0) is 14.4. The smallest absolute Gasteiger partial charge is 0.340 e. The lowest BCUT2D eigenvalue weighted by atomic mass is 9.90. The molecule has 2 unspecified atom stereocenters. The summed E-state index contributed by atoms with van der Waals surface area (Å²) in [4.78, 5) is 25.0. The summed E-state index contributed by atoms with van der Waals surface area (Å²) in [7, 11) is 0. The van der Waals surface area contributed by atoms with Crippen LogP contribution in [-0.4, -0.2) is 41.0 Å². The number of nitrogens with one attached hydrogen (secondary N) is 1. The van der Waals surface area contributed by atoms with Crippen molar-refractivity contribution in [3.8, 4) is 0 Å². The van der Waals surface area contributed by atoms with Crippen LogP contribution in [0.5, 0.6) is 0 Å². The van der Waals surface area contributed by atoms with Gasteiger partial charge in [0.15, 0.2) is 0 Å². The maximum Gasteiger partial charge on any atom is 0.406 e. The van der Waals surface area contributed by atoms with Crippen molar-refractivity contribution in [2.24, 2.45) is 5.92 Å². The van der Waals surface area contributed by atoms with Crippen molar-refractivity contribution in [3.05, 3.63) is 0 Å². The molecule has 2 amide bonds. The van der Waals surface area contributed by atoms with Gasteiger partial charge in [-0.1, -0.05) is 6.92 Å². The van der Waals surface area contributed by atoms with Gasteiger partial charge in [0.1, 0.15) is 18.1 Å². The minimum atomic E-state index is -4.49. The van der Waals surface area contributed by atoms with Crippen LogP contribution in [0.2, 0.25) is 0 Å². The fourth-order valence-electron chi connectivity index (χ4n) is 2.47. The van der Waals surface area contributed by atoms with Gasteiger partial charge in [-0.2, -0.15) is 13.2 Å². The summed E-state index contributed by atoms with van der Waals surface area (Å²) in [5, 5.41) is 2.58. The molecule has 108 valence electrons. The highest BCUT2D eigenvalue weighted by molar-refractivity contribution is 5.99. The Balaban J connectivity index is 2.29. The lowest BCUT2D eigenvalue weighted by Crippen LogP contribution is -2.70. The molecule has 0 spiro atoms. The van der Waals surface area contributed by atoms with E-state index in [2.05, 4.69) is 5.32 Å². The molecule has 2 rings (SSSR count).